The minimum atomic E-state index is -3.72. The summed E-state index contributed by atoms with van der Waals surface area (Å²) in [5.74, 6) is 0. The standard InChI is InChI=1S/C19H22N2O5S2/c1-16-2-4-17(5-3-16)10-15-27(22,23)20-18-6-8-19(9-7-18)28(24,25)21-11-13-26-14-12-21/h2-10,15,20H,11-14H2,1H3. The molecular formula is C19H22N2O5S2. The van der Waals surface area contributed by atoms with Gasteiger partial charge in [0.25, 0.3) is 10.0 Å². The van der Waals surface area contributed by atoms with Crippen LogP contribution in [0.15, 0.2) is 58.8 Å². The van der Waals surface area contributed by atoms with Gasteiger partial charge in [0.1, 0.15) is 0 Å². The Morgan fingerprint density at radius 1 is 0.929 bits per heavy atom. The molecule has 7 nitrogen and oxygen atoms in total. The van der Waals surface area contributed by atoms with E-state index in [0.29, 0.717) is 26.3 Å². The van der Waals surface area contributed by atoms with E-state index < -0.39 is 20.0 Å². The number of ether oxygens (including phenoxy) is 1. The lowest BCUT2D eigenvalue weighted by Gasteiger charge is -2.26. The Kier molecular flexibility index (Phi) is 6.19. The average molecular weight is 423 g/mol. The molecule has 0 atom stereocenters. The molecule has 1 fully saturated rings. The molecule has 0 radical (unpaired) electrons. The van der Waals surface area contributed by atoms with E-state index in [9.17, 15) is 16.8 Å². The molecule has 28 heavy (non-hydrogen) atoms. The number of nitrogens with zero attached hydrogens (tertiary/aromatic N) is 1. The Balaban J connectivity index is 1.70. The number of anilines is 1. The zero-order valence-electron chi connectivity index (χ0n) is 15.4. The van der Waals surface area contributed by atoms with Crippen LogP contribution >= 0.6 is 0 Å². The van der Waals surface area contributed by atoms with Crippen LogP contribution in [0.5, 0.6) is 0 Å². The van der Waals surface area contributed by atoms with Crippen molar-refractivity contribution < 1.29 is 21.6 Å². The van der Waals surface area contributed by atoms with Crippen LogP contribution in [0.25, 0.3) is 6.08 Å². The van der Waals surface area contributed by atoms with Crippen molar-refractivity contribution in [2.24, 2.45) is 0 Å². The van der Waals surface area contributed by atoms with Gasteiger partial charge < -0.3 is 4.74 Å². The quantitative estimate of drug-likeness (QED) is 0.772. The molecule has 0 bridgehead atoms. The highest BCUT2D eigenvalue weighted by Gasteiger charge is 2.26. The number of rotatable bonds is 6. The first-order valence-corrected chi connectivity index (χ1v) is 11.7. The van der Waals surface area contributed by atoms with E-state index in [-0.39, 0.29) is 10.6 Å². The molecule has 3 rings (SSSR count). The topological polar surface area (TPSA) is 92.8 Å². The highest BCUT2D eigenvalue weighted by atomic mass is 32.2. The molecule has 0 amide bonds. The zero-order chi connectivity index (χ0) is 20.2. The molecule has 1 aliphatic heterocycles. The summed E-state index contributed by atoms with van der Waals surface area (Å²) in [6, 6.07) is 13.1. The van der Waals surface area contributed by atoms with Gasteiger partial charge in [-0.15, -0.1) is 0 Å². The Hall–Kier alpha value is -2.20. The van der Waals surface area contributed by atoms with Crippen molar-refractivity contribution in [2.75, 3.05) is 31.0 Å². The number of hydrogen-bond donors (Lipinski definition) is 1. The van der Waals surface area contributed by atoms with E-state index >= 15 is 0 Å². The van der Waals surface area contributed by atoms with Crippen molar-refractivity contribution in [1.29, 1.82) is 0 Å². The number of aryl methyl sites for hydroxylation is 1. The van der Waals surface area contributed by atoms with Crippen molar-refractivity contribution in [3.63, 3.8) is 0 Å². The molecule has 0 unspecified atom stereocenters. The van der Waals surface area contributed by atoms with E-state index in [1.165, 1.54) is 34.6 Å². The van der Waals surface area contributed by atoms with E-state index in [1.54, 1.807) is 0 Å². The smallest absolute Gasteiger partial charge is 0.255 e. The van der Waals surface area contributed by atoms with Gasteiger partial charge in [0.2, 0.25) is 10.0 Å². The van der Waals surface area contributed by atoms with Gasteiger partial charge in [-0.05, 0) is 42.8 Å². The highest BCUT2D eigenvalue weighted by Crippen LogP contribution is 2.20. The summed E-state index contributed by atoms with van der Waals surface area (Å²) in [6.07, 6.45) is 1.50. The molecule has 1 N–H and O–H groups in total. The lowest BCUT2D eigenvalue weighted by atomic mass is 10.2. The molecule has 2 aromatic rings. The highest BCUT2D eigenvalue weighted by molar-refractivity contribution is 7.95. The maximum atomic E-state index is 12.6. The summed E-state index contributed by atoms with van der Waals surface area (Å²) < 4.78 is 58.6. The summed E-state index contributed by atoms with van der Waals surface area (Å²) in [5, 5.41) is 1.08. The molecule has 2 aromatic carbocycles. The van der Waals surface area contributed by atoms with Gasteiger partial charge >= 0.3 is 0 Å². The van der Waals surface area contributed by atoms with Gasteiger partial charge in [-0.25, -0.2) is 16.8 Å². The lowest BCUT2D eigenvalue weighted by molar-refractivity contribution is 0.0730. The van der Waals surface area contributed by atoms with Crippen LogP contribution in [0.4, 0.5) is 5.69 Å². The molecule has 0 aliphatic carbocycles. The molecule has 0 saturated carbocycles. The first-order valence-electron chi connectivity index (χ1n) is 8.72. The molecule has 1 saturated heterocycles. The second kappa shape index (κ2) is 8.44. The van der Waals surface area contributed by atoms with Crippen LogP contribution < -0.4 is 4.72 Å². The maximum Gasteiger partial charge on any atom is 0.255 e. The average Bonchev–Trinajstić information content (AvgIpc) is 2.68. The van der Waals surface area contributed by atoms with Crippen molar-refractivity contribution in [3.8, 4) is 0 Å². The van der Waals surface area contributed by atoms with Gasteiger partial charge in [0.05, 0.1) is 23.5 Å². The summed E-state index contributed by atoms with van der Waals surface area (Å²) >= 11 is 0. The van der Waals surface area contributed by atoms with Crippen LogP contribution in [0.1, 0.15) is 11.1 Å². The molecular weight excluding hydrogens is 400 g/mol. The summed E-state index contributed by atoms with van der Waals surface area (Å²) in [4.78, 5) is 0.118. The zero-order valence-corrected chi connectivity index (χ0v) is 17.0. The second-order valence-corrected chi connectivity index (χ2v) is 9.91. The second-order valence-electron chi connectivity index (χ2n) is 6.40. The minimum Gasteiger partial charge on any atom is -0.379 e. The first-order chi connectivity index (χ1) is 13.3. The van der Waals surface area contributed by atoms with E-state index in [1.807, 2.05) is 31.2 Å². The molecule has 9 heteroatoms. The Bertz CT molecular complexity index is 1040. The van der Waals surface area contributed by atoms with Crippen molar-refractivity contribution in [2.45, 2.75) is 11.8 Å². The predicted octanol–water partition coefficient (Wildman–Crippen LogP) is 2.43. The Labute approximate surface area is 165 Å². The van der Waals surface area contributed by atoms with Gasteiger partial charge in [0, 0.05) is 18.8 Å². The number of nitrogens with one attached hydrogen (secondary N) is 1. The summed E-state index contributed by atoms with van der Waals surface area (Å²) in [5.41, 5.74) is 2.14. The van der Waals surface area contributed by atoms with Crippen LogP contribution in [-0.4, -0.2) is 47.4 Å². The molecule has 0 aromatic heterocycles. The van der Waals surface area contributed by atoms with E-state index in [2.05, 4.69) is 4.72 Å². The van der Waals surface area contributed by atoms with Crippen molar-refractivity contribution >= 4 is 31.8 Å². The van der Waals surface area contributed by atoms with E-state index in [4.69, 9.17) is 4.74 Å². The number of benzene rings is 2. The third kappa shape index (κ3) is 5.20. The molecule has 1 aliphatic rings. The summed E-state index contributed by atoms with van der Waals surface area (Å²) in [7, 11) is -7.33. The number of sulfonamides is 2. The van der Waals surface area contributed by atoms with Crippen LogP contribution in [0.3, 0.4) is 0 Å². The van der Waals surface area contributed by atoms with Crippen LogP contribution in [0, 0.1) is 6.92 Å². The third-order valence-electron chi connectivity index (χ3n) is 4.24. The Morgan fingerprint density at radius 3 is 2.14 bits per heavy atom. The van der Waals surface area contributed by atoms with Gasteiger partial charge in [0.15, 0.2) is 0 Å². The van der Waals surface area contributed by atoms with Gasteiger partial charge in [-0.2, -0.15) is 4.31 Å². The van der Waals surface area contributed by atoms with Gasteiger partial charge in [-0.1, -0.05) is 29.8 Å². The molecule has 0 spiro atoms. The molecule has 150 valence electrons. The largest absolute Gasteiger partial charge is 0.379 e. The summed E-state index contributed by atoms with van der Waals surface area (Å²) in [6.45, 7) is 3.30. The monoisotopic (exact) mass is 422 g/mol. The fourth-order valence-electron chi connectivity index (χ4n) is 2.67. The van der Waals surface area contributed by atoms with Gasteiger partial charge in [-0.3, -0.25) is 4.72 Å². The Morgan fingerprint density at radius 2 is 1.54 bits per heavy atom. The number of hydrogen-bond acceptors (Lipinski definition) is 5. The third-order valence-corrected chi connectivity index (χ3v) is 7.17. The first kappa shape index (κ1) is 20.5. The van der Waals surface area contributed by atoms with Crippen LogP contribution in [-0.2, 0) is 24.8 Å². The molecule has 1 heterocycles. The predicted molar refractivity (Wildman–Crippen MR) is 109 cm³/mol. The minimum absolute atomic E-state index is 0.118. The fraction of sp³-hybridized carbons (Fsp3) is 0.263. The lowest BCUT2D eigenvalue weighted by Crippen LogP contribution is -2.40. The van der Waals surface area contributed by atoms with Crippen molar-refractivity contribution in [3.05, 3.63) is 65.1 Å². The SMILES string of the molecule is Cc1ccc(C=CS(=O)(=O)Nc2ccc(S(=O)(=O)N3CCOCC3)cc2)cc1. The van der Waals surface area contributed by atoms with Crippen LogP contribution in [0.2, 0.25) is 0 Å². The number of morpholine rings is 1. The van der Waals surface area contributed by atoms with E-state index in [0.717, 1.165) is 16.5 Å². The van der Waals surface area contributed by atoms with Crippen molar-refractivity contribution in [1.82, 2.24) is 4.31 Å². The maximum absolute atomic E-state index is 12.6. The normalized spacial score (nSPS) is 16.3. The fourth-order valence-corrected chi connectivity index (χ4v) is 4.95.